The Morgan fingerprint density at radius 2 is 2.30 bits per heavy atom. The highest BCUT2D eigenvalue weighted by Crippen LogP contribution is 2.22. The van der Waals surface area contributed by atoms with Gasteiger partial charge in [-0.15, -0.1) is 0 Å². The van der Waals surface area contributed by atoms with Crippen LogP contribution in [0.1, 0.15) is 36.4 Å². The number of ether oxygens (including phenoxy) is 1. The van der Waals surface area contributed by atoms with E-state index in [9.17, 15) is 4.79 Å². The lowest BCUT2D eigenvalue weighted by molar-refractivity contribution is -0.123. The number of benzene rings is 1. The molecule has 1 fully saturated rings. The van der Waals surface area contributed by atoms with Gasteiger partial charge in [-0.2, -0.15) is 0 Å². The summed E-state index contributed by atoms with van der Waals surface area (Å²) in [5, 5.41) is 6.35. The lowest BCUT2D eigenvalue weighted by atomic mass is 9.94. The lowest BCUT2D eigenvalue weighted by Crippen LogP contribution is -2.42. The maximum absolute atomic E-state index is 12.3. The number of rotatable bonds is 4. The van der Waals surface area contributed by atoms with Crippen molar-refractivity contribution in [3.8, 4) is 0 Å². The fraction of sp³-hybridized carbons (Fsp3) is 0.562. The molecule has 0 spiro atoms. The van der Waals surface area contributed by atoms with Gasteiger partial charge < -0.3 is 15.4 Å². The molecule has 2 aliphatic heterocycles. The van der Waals surface area contributed by atoms with Gasteiger partial charge in [0.2, 0.25) is 5.91 Å². The Morgan fingerprint density at radius 3 is 3.15 bits per heavy atom. The average molecular weight is 274 g/mol. The number of amides is 1. The van der Waals surface area contributed by atoms with Crippen LogP contribution in [0.5, 0.6) is 0 Å². The van der Waals surface area contributed by atoms with Crippen LogP contribution in [0, 0.1) is 0 Å². The summed E-state index contributed by atoms with van der Waals surface area (Å²) in [4.78, 5) is 12.3. The van der Waals surface area contributed by atoms with Gasteiger partial charge in [0, 0.05) is 19.7 Å². The molecule has 20 heavy (non-hydrogen) atoms. The van der Waals surface area contributed by atoms with Crippen LogP contribution in [0.3, 0.4) is 0 Å². The quantitative estimate of drug-likeness (QED) is 0.876. The molecule has 1 aromatic rings. The van der Waals surface area contributed by atoms with E-state index in [1.165, 1.54) is 5.56 Å². The van der Waals surface area contributed by atoms with E-state index in [1.807, 2.05) is 18.2 Å². The minimum atomic E-state index is -0.204. The fourth-order valence-electron chi connectivity index (χ4n) is 3.07. The molecule has 0 aliphatic carbocycles. The van der Waals surface area contributed by atoms with Gasteiger partial charge in [0.15, 0.2) is 0 Å². The highest BCUT2D eigenvalue weighted by Gasteiger charge is 2.25. The van der Waals surface area contributed by atoms with E-state index >= 15 is 0 Å². The van der Waals surface area contributed by atoms with Gasteiger partial charge in [0.1, 0.15) is 6.04 Å². The largest absolute Gasteiger partial charge is 0.378 e. The standard InChI is InChI=1S/C16H22N2O2/c19-16(18-10-8-13-5-3-11-20-13)15-14-6-2-1-4-12(14)7-9-17-15/h1-2,4,6,13,15,17H,3,5,7-11H2,(H,18,19). The molecule has 4 heteroatoms. The highest BCUT2D eigenvalue weighted by atomic mass is 16.5. The van der Waals surface area contributed by atoms with Gasteiger partial charge in [0.25, 0.3) is 0 Å². The molecule has 2 heterocycles. The van der Waals surface area contributed by atoms with E-state index in [-0.39, 0.29) is 11.9 Å². The summed E-state index contributed by atoms with van der Waals surface area (Å²) in [6.45, 7) is 2.43. The van der Waals surface area contributed by atoms with E-state index in [0.717, 1.165) is 44.4 Å². The zero-order valence-corrected chi connectivity index (χ0v) is 11.7. The Morgan fingerprint density at radius 1 is 1.40 bits per heavy atom. The van der Waals surface area contributed by atoms with E-state index in [0.29, 0.717) is 12.6 Å². The van der Waals surface area contributed by atoms with Crippen LogP contribution in [0.15, 0.2) is 24.3 Å². The summed E-state index contributed by atoms with van der Waals surface area (Å²) < 4.78 is 5.57. The molecule has 0 radical (unpaired) electrons. The van der Waals surface area contributed by atoms with Gasteiger partial charge in [0.05, 0.1) is 6.10 Å². The van der Waals surface area contributed by atoms with Crippen LogP contribution < -0.4 is 10.6 Å². The summed E-state index contributed by atoms with van der Waals surface area (Å²) in [5.41, 5.74) is 2.40. The molecule has 2 unspecified atom stereocenters. The predicted molar refractivity (Wildman–Crippen MR) is 77.5 cm³/mol. The van der Waals surface area contributed by atoms with Crippen molar-refractivity contribution in [3.63, 3.8) is 0 Å². The fourth-order valence-corrected chi connectivity index (χ4v) is 3.07. The monoisotopic (exact) mass is 274 g/mol. The smallest absolute Gasteiger partial charge is 0.241 e. The van der Waals surface area contributed by atoms with Gasteiger partial charge in [-0.3, -0.25) is 4.79 Å². The molecule has 2 atom stereocenters. The maximum Gasteiger partial charge on any atom is 0.241 e. The van der Waals surface area contributed by atoms with Crippen LogP contribution in [-0.4, -0.2) is 31.7 Å². The van der Waals surface area contributed by atoms with Crippen molar-refractivity contribution in [2.45, 2.75) is 37.8 Å². The van der Waals surface area contributed by atoms with E-state index in [1.54, 1.807) is 0 Å². The number of carbonyl (C=O) groups excluding carboxylic acids is 1. The molecule has 0 bridgehead atoms. The van der Waals surface area contributed by atoms with Crippen LogP contribution in [-0.2, 0) is 16.0 Å². The van der Waals surface area contributed by atoms with Crippen LogP contribution >= 0.6 is 0 Å². The number of nitrogens with one attached hydrogen (secondary N) is 2. The van der Waals surface area contributed by atoms with Crippen LogP contribution in [0.25, 0.3) is 0 Å². The SMILES string of the molecule is O=C(NCCC1CCCO1)C1NCCc2ccccc21. The first-order chi connectivity index (χ1) is 9.84. The summed E-state index contributed by atoms with van der Waals surface area (Å²) in [5.74, 6) is 0.0788. The summed E-state index contributed by atoms with van der Waals surface area (Å²) >= 11 is 0. The van der Waals surface area contributed by atoms with Crippen molar-refractivity contribution in [1.82, 2.24) is 10.6 Å². The molecule has 1 aromatic carbocycles. The Kier molecular flexibility index (Phi) is 4.33. The second-order valence-electron chi connectivity index (χ2n) is 5.55. The number of fused-ring (bicyclic) bond motifs is 1. The third-order valence-electron chi connectivity index (χ3n) is 4.16. The Bertz CT molecular complexity index is 469. The minimum Gasteiger partial charge on any atom is -0.378 e. The van der Waals surface area contributed by atoms with Crippen LogP contribution in [0.4, 0.5) is 0 Å². The zero-order valence-electron chi connectivity index (χ0n) is 11.7. The van der Waals surface area contributed by atoms with Crippen molar-refractivity contribution >= 4 is 5.91 Å². The average Bonchev–Trinajstić information content (AvgIpc) is 3.00. The van der Waals surface area contributed by atoms with Gasteiger partial charge >= 0.3 is 0 Å². The second kappa shape index (κ2) is 6.37. The minimum absolute atomic E-state index is 0.0788. The summed E-state index contributed by atoms with van der Waals surface area (Å²) in [6.07, 6.45) is 4.52. The molecule has 1 amide bonds. The first-order valence-electron chi connectivity index (χ1n) is 7.55. The highest BCUT2D eigenvalue weighted by molar-refractivity contribution is 5.83. The summed E-state index contributed by atoms with van der Waals surface area (Å²) in [6, 6.07) is 7.99. The molecule has 2 aliphatic rings. The topological polar surface area (TPSA) is 50.4 Å². The molecule has 0 saturated carbocycles. The molecule has 108 valence electrons. The molecule has 4 nitrogen and oxygen atoms in total. The third kappa shape index (κ3) is 3.02. The molecule has 1 saturated heterocycles. The van der Waals surface area contributed by atoms with Crippen molar-refractivity contribution in [3.05, 3.63) is 35.4 Å². The van der Waals surface area contributed by atoms with E-state index in [2.05, 4.69) is 16.7 Å². The molecule has 2 N–H and O–H groups in total. The van der Waals surface area contributed by atoms with Crippen molar-refractivity contribution in [2.24, 2.45) is 0 Å². The summed E-state index contributed by atoms with van der Waals surface area (Å²) in [7, 11) is 0. The maximum atomic E-state index is 12.3. The van der Waals surface area contributed by atoms with Crippen molar-refractivity contribution in [2.75, 3.05) is 19.7 Å². The first kappa shape index (κ1) is 13.6. The van der Waals surface area contributed by atoms with Gasteiger partial charge in [-0.05, 0) is 36.8 Å². The molecular weight excluding hydrogens is 252 g/mol. The van der Waals surface area contributed by atoms with E-state index in [4.69, 9.17) is 4.74 Å². The third-order valence-corrected chi connectivity index (χ3v) is 4.16. The van der Waals surface area contributed by atoms with Gasteiger partial charge in [-0.25, -0.2) is 0 Å². The van der Waals surface area contributed by atoms with Crippen molar-refractivity contribution < 1.29 is 9.53 Å². The Balaban J connectivity index is 1.55. The van der Waals surface area contributed by atoms with E-state index < -0.39 is 0 Å². The second-order valence-corrected chi connectivity index (χ2v) is 5.55. The molecule has 0 aromatic heterocycles. The Hall–Kier alpha value is -1.39. The van der Waals surface area contributed by atoms with Crippen molar-refractivity contribution in [1.29, 1.82) is 0 Å². The number of hydrogen-bond acceptors (Lipinski definition) is 3. The van der Waals surface area contributed by atoms with Crippen LogP contribution in [0.2, 0.25) is 0 Å². The normalized spacial score (nSPS) is 25.2. The molecule has 3 rings (SSSR count). The number of carbonyl (C=O) groups is 1. The Labute approximate surface area is 119 Å². The zero-order chi connectivity index (χ0) is 13.8. The lowest BCUT2D eigenvalue weighted by Gasteiger charge is -2.26. The van der Waals surface area contributed by atoms with Gasteiger partial charge in [-0.1, -0.05) is 24.3 Å². The predicted octanol–water partition coefficient (Wildman–Crippen LogP) is 1.56. The molecular formula is C16H22N2O2. The first-order valence-corrected chi connectivity index (χ1v) is 7.55. The number of hydrogen-bond donors (Lipinski definition) is 2.